The SMILES string of the molecule is CCCN/C(=C\c1ccc(C)c(-c2cccc(C)c2)c1)C(=O)OCCC. The lowest BCUT2D eigenvalue weighted by Crippen LogP contribution is -2.23. The third-order valence-corrected chi connectivity index (χ3v) is 4.12. The van der Waals surface area contributed by atoms with Gasteiger partial charge in [0, 0.05) is 6.54 Å². The lowest BCUT2D eigenvalue weighted by atomic mass is 9.96. The van der Waals surface area contributed by atoms with E-state index in [1.54, 1.807) is 0 Å². The number of esters is 1. The van der Waals surface area contributed by atoms with Crippen LogP contribution in [0, 0.1) is 13.8 Å². The Morgan fingerprint density at radius 3 is 2.58 bits per heavy atom. The number of carbonyl (C=O) groups is 1. The molecular weight excluding hydrogens is 322 g/mol. The van der Waals surface area contributed by atoms with Crippen LogP contribution in [0.25, 0.3) is 17.2 Å². The molecule has 2 aromatic rings. The first-order chi connectivity index (χ1) is 12.5. The number of aryl methyl sites for hydroxylation is 2. The molecule has 0 saturated carbocycles. The number of hydrogen-bond acceptors (Lipinski definition) is 3. The maximum Gasteiger partial charge on any atom is 0.354 e. The average molecular weight is 351 g/mol. The molecule has 2 rings (SSSR count). The van der Waals surface area contributed by atoms with Crippen LogP contribution in [0.1, 0.15) is 43.4 Å². The molecule has 3 heteroatoms. The van der Waals surface area contributed by atoms with E-state index in [0.29, 0.717) is 12.3 Å². The maximum absolute atomic E-state index is 12.3. The minimum Gasteiger partial charge on any atom is -0.461 e. The van der Waals surface area contributed by atoms with Gasteiger partial charge in [0.15, 0.2) is 0 Å². The predicted octanol–water partition coefficient (Wildman–Crippen LogP) is 5.26. The first kappa shape index (κ1) is 19.8. The van der Waals surface area contributed by atoms with E-state index in [0.717, 1.165) is 24.9 Å². The number of ether oxygens (including phenoxy) is 1. The van der Waals surface area contributed by atoms with Crippen LogP contribution in [0.3, 0.4) is 0 Å². The Bertz CT molecular complexity index is 778. The maximum atomic E-state index is 12.3. The normalized spacial score (nSPS) is 11.3. The fourth-order valence-electron chi connectivity index (χ4n) is 2.73. The van der Waals surface area contributed by atoms with Crippen LogP contribution in [-0.2, 0) is 9.53 Å². The summed E-state index contributed by atoms with van der Waals surface area (Å²) in [6.45, 7) is 9.44. The Kier molecular flexibility index (Phi) is 7.46. The first-order valence-corrected chi connectivity index (χ1v) is 9.35. The summed E-state index contributed by atoms with van der Waals surface area (Å²) in [7, 11) is 0. The largest absolute Gasteiger partial charge is 0.461 e. The van der Waals surface area contributed by atoms with E-state index >= 15 is 0 Å². The molecule has 0 radical (unpaired) electrons. The second kappa shape index (κ2) is 9.81. The van der Waals surface area contributed by atoms with E-state index < -0.39 is 0 Å². The second-order valence-corrected chi connectivity index (χ2v) is 6.56. The zero-order valence-electron chi connectivity index (χ0n) is 16.3. The lowest BCUT2D eigenvalue weighted by molar-refractivity contribution is -0.139. The van der Waals surface area contributed by atoms with E-state index in [2.05, 4.69) is 62.5 Å². The van der Waals surface area contributed by atoms with Gasteiger partial charge in [-0.1, -0.05) is 55.8 Å². The summed E-state index contributed by atoms with van der Waals surface area (Å²) in [6.07, 6.45) is 3.64. The summed E-state index contributed by atoms with van der Waals surface area (Å²) in [6, 6.07) is 14.7. The lowest BCUT2D eigenvalue weighted by Gasteiger charge is -2.12. The average Bonchev–Trinajstić information content (AvgIpc) is 2.64. The number of benzene rings is 2. The van der Waals surface area contributed by atoms with Gasteiger partial charge < -0.3 is 10.1 Å². The minimum absolute atomic E-state index is 0.294. The van der Waals surface area contributed by atoms with Gasteiger partial charge in [0.25, 0.3) is 0 Å². The Morgan fingerprint density at radius 1 is 1.08 bits per heavy atom. The van der Waals surface area contributed by atoms with Crippen molar-refractivity contribution in [1.82, 2.24) is 5.32 Å². The van der Waals surface area contributed by atoms with E-state index in [-0.39, 0.29) is 5.97 Å². The van der Waals surface area contributed by atoms with Gasteiger partial charge in [-0.05, 0) is 61.1 Å². The van der Waals surface area contributed by atoms with Crippen molar-refractivity contribution in [1.29, 1.82) is 0 Å². The standard InChI is InChI=1S/C23H29NO2/c1-5-12-24-22(23(25)26-13-6-2)16-19-11-10-18(4)21(15-19)20-9-7-8-17(3)14-20/h7-11,14-16,24H,5-6,12-13H2,1-4H3/b22-16-. The Hall–Kier alpha value is -2.55. The molecule has 0 atom stereocenters. The molecule has 0 amide bonds. The summed E-state index contributed by atoms with van der Waals surface area (Å²) >= 11 is 0. The molecule has 2 aromatic carbocycles. The molecule has 138 valence electrons. The molecule has 26 heavy (non-hydrogen) atoms. The Morgan fingerprint density at radius 2 is 1.88 bits per heavy atom. The molecule has 0 bridgehead atoms. The molecule has 0 spiro atoms. The quantitative estimate of drug-likeness (QED) is 0.520. The van der Waals surface area contributed by atoms with E-state index in [4.69, 9.17) is 4.74 Å². The van der Waals surface area contributed by atoms with Gasteiger partial charge >= 0.3 is 5.97 Å². The third kappa shape index (κ3) is 5.48. The highest BCUT2D eigenvalue weighted by atomic mass is 16.5. The predicted molar refractivity (Wildman–Crippen MR) is 109 cm³/mol. The zero-order valence-corrected chi connectivity index (χ0v) is 16.3. The van der Waals surface area contributed by atoms with Crippen molar-refractivity contribution in [3.05, 3.63) is 64.9 Å². The number of rotatable bonds is 8. The molecule has 0 heterocycles. The summed E-state index contributed by atoms with van der Waals surface area (Å²) in [4.78, 5) is 12.3. The van der Waals surface area contributed by atoms with Gasteiger partial charge in [0.05, 0.1) is 6.61 Å². The first-order valence-electron chi connectivity index (χ1n) is 9.35. The van der Waals surface area contributed by atoms with Gasteiger partial charge in [0.2, 0.25) is 0 Å². The van der Waals surface area contributed by atoms with Crippen molar-refractivity contribution in [3.63, 3.8) is 0 Å². The minimum atomic E-state index is -0.294. The van der Waals surface area contributed by atoms with E-state index in [1.807, 2.05) is 19.1 Å². The fraction of sp³-hybridized carbons (Fsp3) is 0.348. The van der Waals surface area contributed by atoms with Crippen LogP contribution in [0.5, 0.6) is 0 Å². The molecule has 0 aromatic heterocycles. The van der Waals surface area contributed by atoms with Gasteiger partial charge in [-0.25, -0.2) is 4.79 Å². The molecule has 0 saturated heterocycles. The summed E-state index contributed by atoms with van der Waals surface area (Å²) in [5.74, 6) is -0.294. The number of nitrogens with one attached hydrogen (secondary N) is 1. The van der Waals surface area contributed by atoms with Crippen LogP contribution < -0.4 is 5.32 Å². The van der Waals surface area contributed by atoms with Crippen LogP contribution >= 0.6 is 0 Å². The second-order valence-electron chi connectivity index (χ2n) is 6.56. The molecule has 0 aliphatic heterocycles. The fourth-order valence-corrected chi connectivity index (χ4v) is 2.73. The highest BCUT2D eigenvalue weighted by Gasteiger charge is 2.11. The Labute approximate surface area is 157 Å². The van der Waals surface area contributed by atoms with Crippen molar-refractivity contribution in [2.45, 2.75) is 40.5 Å². The summed E-state index contributed by atoms with van der Waals surface area (Å²) in [5, 5.41) is 3.20. The molecular formula is C23H29NO2. The van der Waals surface area contributed by atoms with Crippen molar-refractivity contribution in [2.75, 3.05) is 13.2 Å². The smallest absolute Gasteiger partial charge is 0.354 e. The van der Waals surface area contributed by atoms with Crippen LogP contribution in [0.4, 0.5) is 0 Å². The Balaban J connectivity index is 2.37. The zero-order chi connectivity index (χ0) is 18.9. The third-order valence-electron chi connectivity index (χ3n) is 4.12. The van der Waals surface area contributed by atoms with Gasteiger partial charge in [-0.2, -0.15) is 0 Å². The van der Waals surface area contributed by atoms with Crippen LogP contribution in [0.15, 0.2) is 48.2 Å². The van der Waals surface area contributed by atoms with Crippen molar-refractivity contribution in [2.24, 2.45) is 0 Å². The van der Waals surface area contributed by atoms with E-state index in [9.17, 15) is 4.79 Å². The molecule has 0 fully saturated rings. The highest BCUT2D eigenvalue weighted by molar-refractivity contribution is 5.93. The van der Waals surface area contributed by atoms with Gasteiger partial charge in [0.1, 0.15) is 5.70 Å². The van der Waals surface area contributed by atoms with Gasteiger partial charge in [-0.15, -0.1) is 0 Å². The van der Waals surface area contributed by atoms with E-state index in [1.165, 1.54) is 22.3 Å². The highest BCUT2D eigenvalue weighted by Crippen LogP contribution is 2.26. The van der Waals surface area contributed by atoms with Crippen LogP contribution in [-0.4, -0.2) is 19.1 Å². The molecule has 0 unspecified atom stereocenters. The van der Waals surface area contributed by atoms with Crippen LogP contribution in [0.2, 0.25) is 0 Å². The molecule has 0 aliphatic carbocycles. The number of hydrogen-bond donors (Lipinski definition) is 1. The molecule has 0 aliphatic rings. The molecule has 1 N–H and O–H groups in total. The number of carbonyl (C=O) groups excluding carboxylic acids is 1. The molecule has 3 nitrogen and oxygen atoms in total. The summed E-state index contributed by atoms with van der Waals surface area (Å²) in [5.41, 5.74) is 6.31. The van der Waals surface area contributed by atoms with Crippen molar-refractivity contribution in [3.8, 4) is 11.1 Å². The van der Waals surface area contributed by atoms with Crippen molar-refractivity contribution < 1.29 is 9.53 Å². The topological polar surface area (TPSA) is 38.3 Å². The van der Waals surface area contributed by atoms with Crippen molar-refractivity contribution >= 4 is 12.0 Å². The van der Waals surface area contributed by atoms with Gasteiger partial charge in [-0.3, -0.25) is 0 Å². The summed E-state index contributed by atoms with van der Waals surface area (Å²) < 4.78 is 5.31. The monoisotopic (exact) mass is 351 g/mol.